The number of hydrogen-bond acceptors (Lipinski definition) is 3. The van der Waals surface area contributed by atoms with Gasteiger partial charge < -0.3 is 0 Å². The Balaban J connectivity index is 1.49. The zero-order chi connectivity index (χ0) is 20.6. The van der Waals surface area contributed by atoms with Gasteiger partial charge in [0, 0.05) is 55.4 Å². The molecule has 1 aliphatic rings. The monoisotopic (exact) mass is 411 g/mol. The molecule has 0 saturated carbocycles. The number of pyridine rings is 1. The average Bonchev–Trinajstić information content (AvgIpc) is 2.68. The standard InChI is InChI=1S/C24H27ClFN3/c1-24(2,3)29-12-10-28(11-13-29)16-17-4-6-19(22(26)14-17)18-5-7-20-21(25)8-9-27-23(20)15-18/h4-9,14-15H,10-13,16H2,1-3H3. The minimum Gasteiger partial charge on any atom is -0.297 e. The van der Waals surface area contributed by atoms with Crippen LogP contribution in [0.25, 0.3) is 22.0 Å². The molecule has 1 fully saturated rings. The van der Waals surface area contributed by atoms with E-state index in [0.29, 0.717) is 10.6 Å². The van der Waals surface area contributed by atoms with Crippen molar-refractivity contribution in [1.29, 1.82) is 0 Å². The summed E-state index contributed by atoms with van der Waals surface area (Å²) in [5, 5.41) is 1.54. The first kappa shape index (κ1) is 20.3. The highest BCUT2D eigenvalue weighted by atomic mass is 35.5. The number of hydrogen-bond donors (Lipinski definition) is 0. The largest absolute Gasteiger partial charge is 0.297 e. The fraction of sp³-hybridized carbons (Fsp3) is 0.375. The van der Waals surface area contributed by atoms with Crippen molar-refractivity contribution in [2.24, 2.45) is 0 Å². The Kier molecular flexibility index (Phi) is 5.60. The minimum atomic E-state index is -0.197. The predicted molar refractivity (Wildman–Crippen MR) is 119 cm³/mol. The molecule has 0 N–H and O–H groups in total. The van der Waals surface area contributed by atoms with Gasteiger partial charge in [-0.2, -0.15) is 0 Å². The number of piperazine rings is 1. The van der Waals surface area contributed by atoms with E-state index in [1.807, 2.05) is 30.3 Å². The second-order valence-corrected chi connectivity index (χ2v) is 9.18. The van der Waals surface area contributed by atoms with Crippen molar-refractivity contribution in [1.82, 2.24) is 14.8 Å². The van der Waals surface area contributed by atoms with Crippen molar-refractivity contribution in [2.45, 2.75) is 32.9 Å². The molecule has 0 amide bonds. The maximum absolute atomic E-state index is 14.9. The zero-order valence-corrected chi connectivity index (χ0v) is 18.0. The molecular formula is C24H27ClFN3. The van der Waals surface area contributed by atoms with E-state index < -0.39 is 0 Å². The van der Waals surface area contributed by atoms with Crippen LogP contribution < -0.4 is 0 Å². The van der Waals surface area contributed by atoms with E-state index in [9.17, 15) is 4.39 Å². The molecule has 29 heavy (non-hydrogen) atoms. The number of rotatable bonds is 3. The summed E-state index contributed by atoms with van der Waals surface area (Å²) in [7, 11) is 0. The molecule has 3 aromatic rings. The van der Waals surface area contributed by atoms with Gasteiger partial charge in [-0.3, -0.25) is 14.8 Å². The first-order valence-electron chi connectivity index (χ1n) is 10.1. The van der Waals surface area contributed by atoms with Gasteiger partial charge in [0.2, 0.25) is 0 Å². The second kappa shape index (κ2) is 8.02. The topological polar surface area (TPSA) is 19.4 Å². The third-order valence-corrected chi connectivity index (χ3v) is 6.09. The maximum atomic E-state index is 14.9. The van der Waals surface area contributed by atoms with Gasteiger partial charge in [-0.1, -0.05) is 35.9 Å². The summed E-state index contributed by atoms with van der Waals surface area (Å²) in [6, 6.07) is 13.0. The minimum absolute atomic E-state index is 0.197. The summed E-state index contributed by atoms with van der Waals surface area (Å²) in [6.45, 7) is 11.7. The van der Waals surface area contributed by atoms with Gasteiger partial charge >= 0.3 is 0 Å². The molecule has 1 aromatic heterocycles. The summed E-state index contributed by atoms with van der Waals surface area (Å²) in [5.74, 6) is -0.197. The molecule has 1 aliphatic heterocycles. The molecule has 0 atom stereocenters. The molecule has 0 aliphatic carbocycles. The molecule has 3 nitrogen and oxygen atoms in total. The van der Waals surface area contributed by atoms with Crippen LogP contribution in [0.15, 0.2) is 48.7 Å². The first-order chi connectivity index (χ1) is 13.8. The van der Waals surface area contributed by atoms with Crippen LogP contribution in [0.5, 0.6) is 0 Å². The van der Waals surface area contributed by atoms with Crippen molar-refractivity contribution in [3.05, 3.63) is 65.1 Å². The Morgan fingerprint density at radius 2 is 1.76 bits per heavy atom. The lowest BCUT2D eigenvalue weighted by Crippen LogP contribution is -2.53. The summed E-state index contributed by atoms with van der Waals surface area (Å²) in [6.07, 6.45) is 1.67. The molecule has 1 saturated heterocycles. The summed E-state index contributed by atoms with van der Waals surface area (Å²) < 4.78 is 14.9. The smallest absolute Gasteiger partial charge is 0.131 e. The number of fused-ring (bicyclic) bond motifs is 1. The van der Waals surface area contributed by atoms with Crippen molar-refractivity contribution < 1.29 is 4.39 Å². The van der Waals surface area contributed by atoms with Gasteiger partial charge in [-0.25, -0.2) is 4.39 Å². The molecule has 0 spiro atoms. The van der Waals surface area contributed by atoms with Gasteiger partial charge in [0.15, 0.2) is 0 Å². The van der Waals surface area contributed by atoms with Crippen LogP contribution in [0.3, 0.4) is 0 Å². The zero-order valence-electron chi connectivity index (χ0n) is 17.3. The van der Waals surface area contributed by atoms with Crippen LogP contribution in [0.1, 0.15) is 26.3 Å². The number of aromatic nitrogens is 1. The van der Waals surface area contributed by atoms with Crippen LogP contribution in [-0.4, -0.2) is 46.5 Å². The van der Waals surface area contributed by atoms with Crippen molar-refractivity contribution in [3.8, 4) is 11.1 Å². The maximum Gasteiger partial charge on any atom is 0.131 e. The molecule has 0 radical (unpaired) electrons. The van der Waals surface area contributed by atoms with Crippen LogP contribution in [-0.2, 0) is 6.54 Å². The highest BCUT2D eigenvalue weighted by Gasteiger charge is 2.25. The van der Waals surface area contributed by atoms with Crippen molar-refractivity contribution in [2.75, 3.05) is 26.2 Å². The number of benzene rings is 2. The van der Waals surface area contributed by atoms with Crippen LogP contribution in [0.2, 0.25) is 5.02 Å². The lowest BCUT2D eigenvalue weighted by atomic mass is 10.0. The van der Waals surface area contributed by atoms with Gasteiger partial charge in [0.05, 0.1) is 10.5 Å². The highest BCUT2D eigenvalue weighted by molar-refractivity contribution is 6.35. The molecular weight excluding hydrogens is 385 g/mol. The Morgan fingerprint density at radius 1 is 1.00 bits per heavy atom. The van der Waals surface area contributed by atoms with Crippen molar-refractivity contribution >= 4 is 22.5 Å². The van der Waals surface area contributed by atoms with E-state index in [-0.39, 0.29) is 11.4 Å². The van der Waals surface area contributed by atoms with Crippen LogP contribution in [0.4, 0.5) is 4.39 Å². The second-order valence-electron chi connectivity index (χ2n) is 8.77. The normalized spacial score (nSPS) is 16.4. The fourth-order valence-electron chi connectivity index (χ4n) is 4.01. The first-order valence-corrected chi connectivity index (χ1v) is 10.5. The molecule has 2 heterocycles. The van der Waals surface area contributed by atoms with Gasteiger partial charge in [-0.15, -0.1) is 0 Å². The van der Waals surface area contributed by atoms with Gasteiger partial charge in [0.1, 0.15) is 5.82 Å². The van der Waals surface area contributed by atoms with Crippen molar-refractivity contribution in [3.63, 3.8) is 0 Å². The Labute approximate surface area is 177 Å². The van der Waals surface area contributed by atoms with E-state index in [0.717, 1.165) is 54.8 Å². The molecule has 152 valence electrons. The van der Waals surface area contributed by atoms with Crippen LogP contribution in [0, 0.1) is 5.82 Å². The Hall–Kier alpha value is -2.01. The molecule has 2 aromatic carbocycles. The SMILES string of the molecule is CC(C)(C)N1CCN(Cc2ccc(-c3ccc4c(Cl)ccnc4c3)c(F)c2)CC1. The van der Waals surface area contributed by atoms with E-state index in [4.69, 9.17) is 11.6 Å². The lowest BCUT2D eigenvalue weighted by Gasteiger charge is -2.42. The van der Waals surface area contributed by atoms with E-state index in [1.165, 1.54) is 0 Å². The fourth-order valence-corrected chi connectivity index (χ4v) is 4.22. The van der Waals surface area contributed by atoms with E-state index in [2.05, 4.69) is 35.6 Å². The summed E-state index contributed by atoms with van der Waals surface area (Å²) >= 11 is 6.21. The number of halogens is 2. The lowest BCUT2D eigenvalue weighted by molar-refractivity contribution is 0.0591. The van der Waals surface area contributed by atoms with Crippen LogP contribution >= 0.6 is 11.6 Å². The summed E-state index contributed by atoms with van der Waals surface area (Å²) in [5.41, 5.74) is 3.40. The van der Waals surface area contributed by atoms with Gasteiger partial charge in [-0.05, 0) is 50.1 Å². The Morgan fingerprint density at radius 3 is 2.45 bits per heavy atom. The quantitative estimate of drug-likeness (QED) is 0.558. The number of nitrogens with zero attached hydrogens (tertiary/aromatic N) is 3. The summed E-state index contributed by atoms with van der Waals surface area (Å²) in [4.78, 5) is 9.27. The third-order valence-electron chi connectivity index (χ3n) is 5.76. The third kappa shape index (κ3) is 4.45. The molecule has 5 heteroatoms. The van der Waals surface area contributed by atoms with E-state index >= 15 is 0 Å². The molecule has 0 unspecified atom stereocenters. The molecule has 4 rings (SSSR count). The highest BCUT2D eigenvalue weighted by Crippen LogP contribution is 2.29. The van der Waals surface area contributed by atoms with Gasteiger partial charge in [0.25, 0.3) is 0 Å². The Bertz CT molecular complexity index is 1020. The predicted octanol–water partition coefficient (Wildman–Crippen LogP) is 5.61. The average molecular weight is 412 g/mol. The van der Waals surface area contributed by atoms with E-state index in [1.54, 1.807) is 18.3 Å². The molecule has 0 bridgehead atoms.